The second kappa shape index (κ2) is 37.4. The molecule has 0 atom stereocenters. The van der Waals surface area contributed by atoms with E-state index < -0.39 is 59.0 Å². The van der Waals surface area contributed by atoms with E-state index in [4.69, 9.17) is 42.6 Å². The lowest BCUT2D eigenvalue weighted by molar-refractivity contribution is -0.136. The molecule has 2 aliphatic heterocycles. The predicted octanol–water partition coefficient (Wildman–Crippen LogP) is 4.15. The van der Waals surface area contributed by atoms with Crippen molar-refractivity contribution in [2.75, 3.05) is 165 Å². The number of carbonyl (C=O) groups excluding carboxylic acids is 4. The summed E-state index contributed by atoms with van der Waals surface area (Å²) >= 11 is 0. The summed E-state index contributed by atoms with van der Waals surface area (Å²) in [6.07, 6.45) is 7.28. The molecule has 0 saturated carbocycles. The number of aromatic amines is 1. The summed E-state index contributed by atoms with van der Waals surface area (Å²) in [5, 5.41) is 25.7. The van der Waals surface area contributed by atoms with Gasteiger partial charge in [0.05, 0.1) is 166 Å². The standard InChI is InChI=1S/C61H75F4N13O14/c1-83-50-39-69-59(55-52(50)47(38-68-55)56(80)61(82)76-13-8-44(9-14-76)46(37-66)43-6-3-2-4-7-43)78-42-70-58(72-78)60(81)67-11-5-12-74-15-17-75(18-16-74)19-22-85-25-28-88-32-33-90-34-35-91-41-45-40-77(73-71-45)20-23-86-26-29-89-31-30-87-27-24-84-21-10-51(79)92-57-53(64)48(62)36-49(63)54(57)65/h2-4,6-7,36,38-40,42,68H,5,8-35,41H2,1H3,(H,67,81). The van der Waals surface area contributed by atoms with Crippen LogP contribution >= 0.6 is 0 Å². The van der Waals surface area contributed by atoms with Crippen LogP contribution in [0.5, 0.6) is 11.5 Å². The van der Waals surface area contributed by atoms with Gasteiger partial charge in [0.1, 0.15) is 17.8 Å². The highest BCUT2D eigenvalue weighted by Crippen LogP contribution is 2.33. The summed E-state index contributed by atoms with van der Waals surface area (Å²) in [5.74, 6) is -10.9. The third-order valence-corrected chi connectivity index (χ3v) is 14.6. The number of esters is 1. The molecule has 0 unspecified atom stereocenters. The fourth-order valence-electron chi connectivity index (χ4n) is 9.77. The van der Waals surface area contributed by atoms with Crippen molar-refractivity contribution in [2.45, 2.75) is 38.8 Å². The predicted molar refractivity (Wildman–Crippen MR) is 318 cm³/mol. The Hall–Kier alpha value is -8.16. The number of carbonyl (C=O) groups is 4. The second-order valence-electron chi connectivity index (χ2n) is 20.8. The smallest absolute Gasteiger partial charge is 0.313 e. The number of piperazine rings is 1. The van der Waals surface area contributed by atoms with Crippen LogP contribution in [0.15, 0.2) is 66.9 Å². The number of nitriles is 1. The highest BCUT2D eigenvalue weighted by Gasteiger charge is 2.31. The van der Waals surface area contributed by atoms with E-state index in [2.05, 4.69) is 56.3 Å². The zero-order valence-electron chi connectivity index (χ0n) is 51.1. The first-order valence-corrected chi connectivity index (χ1v) is 30.2. The Morgan fingerprint density at radius 1 is 0.707 bits per heavy atom. The van der Waals surface area contributed by atoms with Crippen LogP contribution in [0.2, 0.25) is 0 Å². The van der Waals surface area contributed by atoms with Gasteiger partial charge >= 0.3 is 5.97 Å². The van der Waals surface area contributed by atoms with Gasteiger partial charge in [0.15, 0.2) is 17.5 Å². The molecule has 31 heteroatoms. The molecule has 0 radical (unpaired) electrons. The molecule has 2 amide bonds. The number of hydrogen-bond acceptors (Lipinski definition) is 22. The van der Waals surface area contributed by atoms with Gasteiger partial charge in [-0.1, -0.05) is 35.5 Å². The number of fused-ring (bicyclic) bond motifs is 1. The molecule has 0 bridgehead atoms. The topological polar surface area (TPSA) is 296 Å². The van der Waals surface area contributed by atoms with Crippen LogP contribution in [0.3, 0.4) is 0 Å². The normalized spacial score (nSPS) is 13.8. The van der Waals surface area contributed by atoms with Crippen molar-refractivity contribution in [1.29, 1.82) is 5.26 Å². The van der Waals surface area contributed by atoms with Gasteiger partial charge in [0.2, 0.25) is 23.2 Å². The minimum atomic E-state index is -1.80. The lowest BCUT2D eigenvalue weighted by Gasteiger charge is -2.34. The van der Waals surface area contributed by atoms with Crippen molar-refractivity contribution in [3.05, 3.63) is 113 Å². The van der Waals surface area contributed by atoms with Gasteiger partial charge in [0, 0.05) is 64.6 Å². The van der Waals surface area contributed by atoms with E-state index in [1.54, 1.807) is 10.9 Å². The van der Waals surface area contributed by atoms with Crippen LogP contribution in [0.25, 0.3) is 22.3 Å². The molecule has 2 N–H and O–H groups in total. The number of methoxy groups -OCH3 is 1. The zero-order valence-corrected chi connectivity index (χ0v) is 51.1. The number of allylic oxidation sites excluding steroid dienone is 1. The van der Waals surface area contributed by atoms with Gasteiger partial charge < -0.3 is 67.5 Å². The summed E-state index contributed by atoms with van der Waals surface area (Å²) < 4.78 is 111. The van der Waals surface area contributed by atoms with Gasteiger partial charge in [0.25, 0.3) is 17.6 Å². The second-order valence-corrected chi connectivity index (χ2v) is 20.8. The number of H-pyrrole nitrogens is 1. The molecular formula is C61H75F4N13O14. The number of hydrogen-bond donors (Lipinski definition) is 2. The molecule has 0 spiro atoms. The maximum atomic E-state index is 13.8. The largest absolute Gasteiger partial charge is 0.494 e. The number of likely N-dealkylation sites (tertiary alicyclic amines) is 1. The van der Waals surface area contributed by atoms with Gasteiger partial charge in [-0.15, -0.1) is 10.2 Å². The Kier molecular flexibility index (Phi) is 28.3. The van der Waals surface area contributed by atoms with E-state index in [0.29, 0.717) is 134 Å². The molecular weight excluding hydrogens is 1210 g/mol. The molecule has 496 valence electrons. The van der Waals surface area contributed by atoms with E-state index in [1.807, 2.05) is 30.3 Å². The van der Waals surface area contributed by atoms with Crippen molar-refractivity contribution in [3.8, 4) is 23.4 Å². The number of ketones is 1. The Morgan fingerprint density at radius 2 is 1.29 bits per heavy atom. The minimum Gasteiger partial charge on any atom is -0.494 e. The lowest BCUT2D eigenvalue weighted by Crippen LogP contribution is -2.47. The van der Waals surface area contributed by atoms with Gasteiger partial charge in [-0.2, -0.15) is 18.7 Å². The quantitative estimate of drug-likeness (QED) is 0.00798. The molecule has 2 fully saturated rings. The van der Waals surface area contributed by atoms with Crippen molar-refractivity contribution >= 4 is 40.0 Å². The third-order valence-electron chi connectivity index (χ3n) is 14.6. The molecule has 27 nitrogen and oxygen atoms in total. The number of Topliss-reactive ketones (excluding diaryl/α,β-unsaturated/α-hetero) is 1. The Morgan fingerprint density at radius 3 is 1.91 bits per heavy atom. The van der Waals surface area contributed by atoms with E-state index >= 15 is 0 Å². The first-order chi connectivity index (χ1) is 44.9. The maximum Gasteiger partial charge on any atom is 0.313 e. The van der Waals surface area contributed by atoms with E-state index in [1.165, 1.54) is 35.4 Å². The number of benzene rings is 2. The average Bonchev–Trinajstić information content (AvgIpc) is 1.60. The summed E-state index contributed by atoms with van der Waals surface area (Å²) in [7, 11) is 1.44. The molecule has 2 aromatic carbocycles. The van der Waals surface area contributed by atoms with E-state index in [9.17, 15) is 42.0 Å². The fourth-order valence-corrected chi connectivity index (χ4v) is 9.77. The number of piperidine rings is 1. The fraction of sp³-hybridized carbons (Fsp3) is 0.508. The highest BCUT2D eigenvalue weighted by atomic mass is 19.2. The molecule has 2 aliphatic rings. The molecule has 4 aromatic heterocycles. The summed E-state index contributed by atoms with van der Waals surface area (Å²) in [6.45, 7) is 12.0. The molecule has 8 rings (SSSR count). The first kappa shape index (κ1) is 69.7. The number of ether oxygens (including phenoxy) is 10. The summed E-state index contributed by atoms with van der Waals surface area (Å²) in [5.41, 5.74) is 3.52. The maximum absolute atomic E-state index is 13.8. The van der Waals surface area contributed by atoms with Crippen LogP contribution in [-0.2, 0) is 60.6 Å². The number of halogens is 4. The Labute approximate surface area is 527 Å². The van der Waals surface area contributed by atoms with Crippen molar-refractivity contribution < 1.29 is 84.1 Å². The van der Waals surface area contributed by atoms with Crippen LogP contribution in [0.1, 0.15) is 57.9 Å². The van der Waals surface area contributed by atoms with E-state index in [-0.39, 0.29) is 62.1 Å². The summed E-state index contributed by atoms with van der Waals surface area (Å²) in [6, 6.07) is 11.7. The van der Waals surface area contributed by atoms with Crippen LogP contribution in [0.4, 0.5) is 17.6 Å². The van der Waals surface area contributed by atoms with Crippen LogP contribution in [0, 0.1) is 34.6 Å². The number of pyridine rings is 1. The van der Waals surface area contributed by atoms with Crippen LogP contribution < -0.4 is 14.8 Å². The van der Waals surface area contributed by atoms with E-state index in [0.717, 1.165) is 56.8 Å². The third kappa shape index (κ3) is 20.9. The van der Waals surface area contributed by atoms with Crippen molar-refractivity contribution in [3.63, 3.8) is 0 Å². The number of rotatable bonds is 40. The molecule has 6 heterocycles. The van der Waals surface area contributed by atoms with Crippen molar-refractivity contribution in [1.82, 2.24) is 59.7 Å². The van der Waals surface area contributed by atoms with Gasteiger partial charge in [-0.25, -0.2) is 23.4 Å². The van der Waals surface area contributed by atoms with Gasteiger partial charge in [-0.05, 0) is 36.9 Å². The zero-order chi connectivity index (χ0) is 64.9. The van der Waals surface area contributed by atoms with Crippen LogP contribution in [-0.4, -0.2) is 243 Å². The minimum absolute atomic E-state index is 0.0140. The number of nitrogens with one attached hydrogen (secondary N) is 2. The number of amides is 2. The molecule has 92 heavy (non-hydrogen) atoms. The Bertz CT molecular complexity index is 3380. The lowest BCUT2D eigenvalue weighted by atomic mass is 9.93. The SMILES string of the molecule is COc1cnc(-n2cnc(C(=O)NCCCN3CCN(CCOCCOCCOCCOCc4cn(CCOCCOCCOCCOCCC(=O)Oc5c(F)c(F)cc(F)c5F)nn4)CC3)n2)c2[nH]cc(C(=O)C(=O)N3CCC(=C(C#N)c4ccccc4)CC3)c12. The van der Waals surface area contributed by atoms with Crippen molar-refractivity contribution in [2.24, 2.45) is 0 Å². The number of aromatic nitrogens is 8. The Balaban J connectivity index is 0.576. The molecule has 6 aromatic rings. The molecule has 0 aliphatic carbocycles. The van der Waals surface area contributed by atoms with Gasteiger partial charge in [-0.3, -0.25) is 24.1 Å². The average molecular weight is 1290 g/mol. The molecule has 2 saturated heterocycles. The summed E-state index contributed by atoms with van der Waals surface area (Å²) in [4.78, 5) is 70.3. The highest BCUT2D eigenvalue weighted by molar-refractivity contribution is 6.45. The first-order valence-electron chi connectivity index (χ1n) is 30.2. The number of nitrogens with zero attached hydrogens (tertiary/aromatic N) is 11. The monoisotopic (exact) mass is 1290 g/mol.